The Morgan fingerprint density at radius 3 is 2.39 bits per heavy atom. The molecule has 1 aliphatic carbocycles. The number of carbonyl (C=O) groups is 2. The third-order valence-electron chi connectivity index (χ3n) is 6.67. The van der Waals surface area contributed by atoms with Crippen molar-refractivity contribution in [3.63, 3.8) is 0 Å². The van der Waals surface area contributed by atoms with Crippen molar-refractivity contribution >= 4 is 23.4 Å². The van der Waals surface area contributed by atoms with Gasteiger partial charge in [0.25, 0.3) is 5.91 Å². The molecule has 2 atom stereocenters. The van der Waals surface area contributed by atoms with Gasteiger partial charge < -0.3 is 15.0 Å². The summed E-state index contributed by atoms with van der Waals surface area (Å²) in [6.45, 7) is 7.78. The first-order valence-electron chi connectivity index (χ1n) is 11.7. The Morgan fingerprint density at radius 2 is 1.77 bits per heavy atom. The van der Waals surface area contributed by atoms with E-state index in [1.165, 1.54) is 12.8 Å². The van der Waals surface area contributed by atoms with E-state index in [4.69, 9.17) is 16.3 Å². The molecule has 2 aliphatic rings. The molecular formula is C24H36ClN3O3. The van der Waals surface area contributed by atoms with Crippen molar-refractivity contribution in [3.8, 4) is 5.75 Å². The normalized spacial score (nSPS) is 19.8. The van der Waals surface area contributed by atoms with Gasteiger partial charge in [-0.2, -0.15) is 0 Å². The van der Waals surface area contributed by atoms with E-state index in [9.17, 15) is 9.59 Å². The number of amides is 2. The van der Waals surface area contributed by atoms with Crippen molar-refractivity contribution in [1.82, 2.24) is 15.1 Å². The van der Waals surface area contributed by atoms with Crippen LogP contribution in [0.4, 0.5) is 0 Å². The molecule has 172 valence electrons. The van der Waals surface area contributed by atoms with Crippen molar-refractivity contribution in [2.24, 2.45) is 11.8 Å². The molecule has 0 unspecified atom stereocenters. The van der Waals surface area contributed by atoms with Gasteiger partial charge in [-0.15, -0.1) is 0 Å². The lowest BCUT2D eigenvalue weighted by molar-refractivity contribution is -0.137. The Hall–Kier alpha value is -1.79. The number of benzene rings is 1. The molecular weight excluding hydrogens is 414 g/mol. The van der Waals surface area contributed by atoms with Gasteiger partial charge in [0, 0.05) is 37.7 Å². The maximum Gasteiger partial charge on any atom is 0.260 e. The van der Waals surface area contributed by atoms with E-state index in [1.54, 1.807) is 24.3 Å². The van der Waals surface area contributed by atoms with Gasteiger partial charge in [-0.05, 0) is 48.9 Å². The third-order valence-corrected chi connectivity index (χ3v) is 6.92. The molecule has 1 aliphatic heterocycles. The molecule has 1 saturated heterocycles. The average Bonchev–Trinajstić information content (AvgIpc) is 3.31. The summed E-state index contributed by atoms with van der Waals surface area (Å²) in [5.41, 5.74) is 0. The second-order valence-electron chi connectivity index (χ2n) is 8.91. The molecule has 1 aromatic rings. The van der Waals surface area contributed by atoms with Gasteiger partial charge in [-0.1, -0.05) is 44.7 Å². The number of rotatable bonds is 9. The van der Waals surface area contributed by atoms with Crippen LogP contribution in [0.2, 0.25) is 5.02 Å². The van der Waals surface area contributed by atoms with Crippen LogP contribution in [0.1, 0.15) is 46.0 Å². The molecule has 31 heavy (non-hydrogen) atoms. The lowest BCUT2D eigenvalue weighted by Gasteiger charge is -2.40. The summed E-state index contributed by atoms with van der Waals surface area (Å²) in [4.78, 5) is 29.8. The monoisotopic (exact) mass is 449 g/mol. The summed E-state index contributed by atoms with van der Waals surface area (Å²) in [5, 5.41) is 3.83. The molecule has 2 amide bonds. The fourth-order valence-corrected chi connectivity index (χ4v) is 4.62. The highest BCUT2D eigenvalue weighted by atomic mass is 35.5. The molecule has 6 nitrogen and oxygen atoms in total. The second kappa shape index (κ2) is 11.7. The van der Waals surface area contributed by atoms with Crippen LogP contribution in [-0.2, 0) is 9.59 Å². The number of nitrogens with one attached hydrogen (secondary N) is 1. The maximum absolute atomic E-state index is 13.1. The summed E-state index contributed by atoms with van der Waals surface area (Å²) in [6, 6.07) is 6.94. The van der Waals surface area contributed by atoms with Crippen LogP contribution < -0.4 is 10.1 Å². The number of hydrogen-bond acceptors (Lipinski definition) is 4. The lowest BCUT2D eigenvalue weighted by Crippen LogP contribution is -2.58. The second-order valence-corrected chi connectivity index (χ2v) is 9.34. The first-order chi connectivity index (χ1) is 15.0. The summed E-state index contributed by atoms with van der Waals surface area (Å²) < 4.78 is 5.61. The molecule has 1 saturated carbocycles. The fourth-order valence-electron chi connectivity index (χ4n) is 4.49. The predicted molar refractivity (Wildman–Crippen MR) is 123 cm³/mol. The van der Waals surface area contributed by atoms with E-state index in [1.807, 2.05) is 4.90 Å². The first-order valence-corrected chi connectivity index (χ1v) is 12.0. The summed E-state index contributed by atoms with van der Waals surface area (Å²) in [6.07, 6.45) is 5.72. The van der Waals surface area contributed by atoms with Gasteiger partial charge in [-0.25, -0.2) is 0 Å². The van der Waals surface area contributed by atoms with Crippen molar-refractivity contribution in [3.05, 3.63) is 29.3 Å². The van der Waals surface area contributed by atoms with Crippen LogP contribution >= 0.6 is 11.6 Å². The molecule has 7 heteroatoms. The zero-order valence-electron chi connectivity index (χ0n) is 18.8. The van der Waals surface area contributed by atoms with E-state index < -0.39 is 0 Å². The first kappa shape index (κ1) is 23.9. The van der Waals surface area contributed by atoms with E-state index in [0.717, 1.165) is 38.9 Å². The van der Waals surface area contributed by atoms with Crippen LogP contribution in [0.3, 0.4) is 0 Å². The van der Waals surface area contributed by atoms with Crippen LogP contribution in [-0.4, -0.2) is 67.0 Å². The molecule has 0 radical (unpaired) electrons. The largest absolute Gasteiger partial charge is 0.484 e. The summed E-state index contributed by atoms with van der Waals surface area (Å²) >= 11 is 5.88. The fraction of sp³-hybridized carbons (Fsp3) is 0.667. The smallest absolute Gasteiger partial charge is 0.260 e. The average molecular weight is 450 g/mol. The van der Waals surface area contributed by atoms with Crippen molar-refractivity contribution in [2.75, 3.05) is 39.3 Å². The number of halogens is 1. The van der Waals surface area contributed by atoms with Crippen LogP contribution in [0, 0.1) is 11.8 Å². The third kappa shape index (κ3) is 6.84. The molecule has 0 spiro atoms. The molecule has 1 N–H and O–H groups in total. The minimum atomic E-state index is -0.0749. The highest BCUT2D eigenvalue weighted by Gasteiger charge is 2.37. The van der Waals surface area contributed by atoms with Gasteiger partial charge in [-0.3, -0.25) is 14.5 Å². The van der Waals surface area contributed by atoms with Crippen LogP contribution in [0.25, 0.3) is 0 Å². The summed E-state index contributed by atoms with van der Waals surface area (Å²) in [5.74, 6) is 1.69. The molecule has 0 bridgehead atoms. The molecule has 1 aromatic carbocycles. The minimum absolute atomic E-state index is 0.0169. The zero-order valence-corrected chi connectivity index (χ0v) is 19.6. The number of piperazine rings is 1. The highest BCUT2D eigenvalue weighted by molar-refractivity contribution is 6.30. The number of ether oxygens (including phenoxy) is 1. The molecule has 0 aromatic heterocycles. The standard InChI is InChI=1S/C24H36ClN3O3/c1-3-18(2)16-26-24(30)23(19-6-4-5-7-19)28-14-12-27(13-15-28)22(29)17-31-21-10-8-20(25)9-11-21/h8-11,18-19,23H,3-7,12-17H2,1-2H3,(H,26,30)/t18-,23+/m1/s1. The number of carbonyl (C=O) groups excluding carboxylic acids is 2. The van der Waals surface area contributed by atoms with Crippen LogP contribution in [0.15, 0.2) is 24.3 Å². The highest BCUT2D eigenvalue weighted by Crippen LogP contribution is 2.31. The number of nitrogens with zero attached hydrogens (tertiary/aromatic N) is 2. The minimum Gasteiger partial charge on any atom is -0.484 e. The summed E-state index contributed by atoms with van der Waals surface area (Å²) in [7, 11) is 0. The molecule has 3 rings (SSSR count). The van der Waals surface area contributed by atoms with Crippen molar-refractivity contribution in [2.45, 2.75) is 52.0 Å². The van der Waals surface area contributed by atoms with E-state index >= 15 is 0 Å². The Morgan fingerprint density at radius 1 is 1.13 bits per heavy atom. The Kier molecular flexibility index (Phi) is 9.02. The Bertz CT molecular complexity index is 713. The maximum atomic E-state index is 13.1. The number of hydrogen-bond donors (Lipinski definition) is 1. The lowest BCUT2D eigenvalue weighted by atomic mass is 9.94. The topological polar surface area (TPSA) is 61.9 Å². The van der Waals surface area contributed by atoms with Gasteiger partial charge in [0.05, 0.1) is 6.04 Å². The predicted octanol–water partition coefficient (Wildman–Crippen LogP) is 3.58. The quantitative estimate of drug-likeness (QED) is 0.625. The van der Waals surface area contributed by atoms with Gasteiger partial charge in [0.15, 0.2) is 6.61 Å². The van der Waals surface area contributed by atoms with Crippen molar-refractivity contribution < 1.29 is 14.3 Å². The molecule has 1 heterocycles. The van der Waals surface area contributed by atoms with Gasteiger partial charge in [0.1, 0.15) is 5.75 Å². The van der Waals surface area contributed by atoms with E-state index in [2.05, 4.69) is 24.1 Å². The van der Waals surface area contributed by atoms with E-state index in [0.29, 0.717) is 35.7 Å². The van der Waals surface area contributed by atoms with Crippen molar-refractivity contribution in [1.29, 1.82) is 0 Å². The Balaban J connectivity index is 1.51. The molecule has 2 fully saturated rings. The Labute approximate surface area is 191 Å². The van der Waals surface area contributed by atoms with E-state index in [-0.39, 0.29) is 24.5 Å². The van der Waals surface area contributed by atoms with Gasteiger partial charge >= 0.3 is 0 Å². The van der Waals surface area contributed by atoms with Crippen LogP contribution in [0.5, 0.6) is 5.75 Å². The zero-order chi connectivity index (χ0) is 22.2. The van der Waals surface area contributed by atoms with Gasteiger partial charge in [0.2, 0.25) is 5.91 Å². The SMILES string of the molecule is CC[C@@H](C)CNC(=O)[C@H](C1CCCC1)N1CCN(C(=O)COc2ccc(Cl)cc2)CC1.